The monoisotopic (exact) mass is 329 g/mol. The van der Waals surface area contributed by atoms with Gasteiger partial charge >= 0.3 is 5.97 Å². The molecule has 0 aliphatic carbocycles. The first-order valence-corrected chi connectivity index (χ1v) is 7.66. The zero-order chi connectivity index (χ0) is 15.6. The summed E-state index contributed by atoms with van der Waals surface area (Å²) in [6.07, 6.45) is 3.25. The topological polar surface area (TPSA) is 101 Å². The second-order valence-corrected chi connectivity index (χ2v) is 6.40. The molecule has 0 radical (unpaired) electrons. The van der Waals surface area contributed by atoms with Crippen molar-refractivity contribution in [3.8, 4) is 0 Å². The van der Waals surface area contributed by atoms with Gasteiger partial charge in [-0.2, -0.15) is 0 Å². The molecule has 1 aromatic carbocycles. The molecule has 2 rings (SSSR count). The molecule has 0 spiro atoms. The van der Waals surface area contributed by atoms with E-state index in [1.807, 2.05) is 0 Å². The molecule has 0 unspecified atom stereocenters. The average molecular weight is 330 g/mol. The van der Waals surface area contributed by atoms with Crippen molar-refractivity contribution in [2.24, 2.45) is 7.05 Å². The maximum atomic E-state index is 12.1. The fourth-order valence-corrected chi connectivity index (χ4v) is 2.98. The van der Waals surface area contributed by atoms with Crippen molar-refractivity contribution in [2.45, 2.75) is 11.4 Å². The lowest BCUT2D eigenvalue weighted by Crippen LogP contribution is -2.24. The first-order valence-electron chi connectivity index (χ1n) is 5.80. The summed E-state index contributed by atoms with van der Waals surface area (Å²) in [7, 11) is -2.05. The summed E-state index contributed by atoms with van der Waals surface area (Å²) in [4.78, 5) is 14.7. The van der Waals surface area contributed by atoms with Gasteiger partial charge in [0.25, 0.3) is 0 Å². The van der Waals surface area contributed by atoms with Crippen LogP contribution in [0.2, 0.25) is 5.02 Å². The second-order valence-electron chi connectivity index (χ2n) is 4.23. The fourth-order valence-electron chi connectivity index (χ4n) is 1.65. The zero-order valence-corrected chi connectivity index (χ0v) is 12.5. The highest BCUT2D eigenvalue weighted by atomic mass is 35.5. The van der Waals surface area contributed by atoms with Crippen LogP contribution in [0, 0.1) is 0 Å². The molecule has 9 heteroatoms. The smallest absolute Gasteiger partial charge is 0.337 e. The molecule has 0 saturated heterocycles. The maximum Gasteiger partial charge on any atom is 0.337 e. The maximum absolute atomic E-state index is 12.1. The Balaban J connectivity index is 2.22. The standard InChI is InChI=1S/C12H12ClN3O4S/c1-16-5-4-14-11(16)7-15-21(19,20)8-2-3-9(12(17)18)10(13)6-8/h2-6,15H,7H2,1H3,(H,17,18). The Hall–Kier alpha value is -1.90. The molecular formula is C12H12ClN3O4S. The van der Waals surface area contributed by atoms with E-state index in [1.54, 1.807) is 24.0 Å². The molecule has 0 saturated carbocycles. The number of aryl methyl sites for hydroxylation is 1. The number of imidazole rings is 1. The third kappa shape index (κ3) is 3.41. The van der Waals surface area contributed by atoms with Crippen LogP contribution in [0.15, 0.2) is 35.5 Å². The number of carboxylic acids is 1. The van der Waals surface area contributed by atoms with Crippen LogP contribution in [0.3, 0.4) is 0 Å². The summed E-state index contributed by atoms with van der Waals surface area (Å²) < 4.78 is 28.3. The molecule has 7 nitrogen and oxygen atoms in total. The predicted octanol–water partition coefficient (Wildman–Crippen LogP) is 1.25. The highest BCUT2D eigenvalue weighted by Crippen LogP contribution is 2.21. The van der Waals surface area contributed by atoms with Crippen molar-refractivity contribution in [1.29, 1.82) is 0 Å². The highest BCUT2D eigenvalue weighted by molar-refractivity contribution is 7.89. The van der Waals surface area contributed by atoms with Crippen molar-refractivity contribution in [3.05, 3.63) is 47.0 Å². The van der Waals surface area contributed by atoms with Crippen molar-refractivity contribution < 1.29 is 18.3 Å². The quantitative estimate of drug-likeness (QED) is 0.859. The number of aromatic nitrogens is 2. The molecule has 1 heterocycles. The Morgan fingerprint density at radius 1 is 1.48 bits per heavy atom. The van der Waals surface area contributed by atoms with E-state index in [1.165, 1.54) is 6.07 Å². The molecule has 1 aromatic heterocycles. The van der Waals surface area contributed by atoms with E-state index in [-0.39, 0.29) is 22.0 Å². The number of carboxylic acid groups (broad SMARTS) is 1. The number of rotatable bonds is 5. The van der Waals surface area contributed by atoms with Crippen LogP contribution in [0.5, 0.6) is 0 Å². The first kappa shape index (κ1) is 15.5. The summed E-state index contributed by atoms with van der Waals surface area (Å²) in [5, 5.41) is 8.72. The summed E-state index contributed by atoms with van der Waals surface area (Å²) in [6.45, 7) is 0.0180. The van der Waals surface area contributed by atoms with E-state index in [9.17, 15) is 13.2 Å². The van der Waals surface area contributed by atoms with Gasteiger partial charge in [-0.25, -0.2) is 22.9 Å². The molecule has 21 heavy (non-hydrogen) atoms. The van der Waals surface area contributed by atoms with Crippen molar-refractivity contribution in [3.63, 3.8) is 0 Å². The molecule has 0 atom stereocenters. The highest BCUT2D eigenvalue weighted by Gasteiger charge is 2.18. The van der Waals surface area contributed by atoms with Crippen LogP contribution in [0.25, 0.3) is 0 Å². The van der Waals surface area contributed by atoms with Gasteiger partial charge in [0.1, 0.15) is 5.82 Å². The Morgan fingerprint density at radius 2 is 2.19 bits per heavy atom. The third-order valence-electron chi connectivity index (χ3n) is 2.82. The third-order valence-corrected chi connectivity index (χ3v) is 4.53. The number of hydrogen-bond donors (Lipinski definition) is 2. The lowest BCUT2D eigenvalue weighted by Gasteiger charge is -2.08. The minimum Gasteiger partial charge on any atom is -0.478 e. The molecule has 112 valence electrons. The lowest BCUT2D eigenvalue weighted by atomic mass is 10.2. The minimum absolute atomic E-state index is 0.0180. The predicted molar refractivity (Wildman–Crippen MR) is 75.6 cm³/mol. The molecule has 2 aromatic rings. The second kappa shape index (κ2) is 5.84. The SMILES string of the molecule is Cn1ccnc1CNS(=O)(=O)c1ccc(C(=O)O)c(Cl)c1. The summed E-state index contributed by atoms with van der Waals surface area (Å²) >= 11 is 5.77. The van der Waals surface area contributed by atoms with Gasteiger partial charge in [0, 0.05) is 19.4 Å². The van der Waals surface area contributed by atoms with Crippen LogP contribution >= 0.6 is 11.6 Å². The van der Waals surface area contributed by atoms with Crippen LogP contribution in [0.1, 0.15) is 16.2 Å². The van der Waals surface area contributed by atoms with Gasteiger partial charge in [0.05, 0.1) is 22.0 Å². The van der Waals surface area contributed by atoms with Crippen LogP contribution < -0.4 is 4.72 Å². The van der Waals surface area contributed by atoms with Crippen molar-refractivity contribution in [1.82, 2.24) is 14.3 Å². The molecular weight excluding hydrogens is 318 g/mol. The Bertz CT molecular complexity index is 786. The number of aromatic carboxylic acids is 1. The van der Waals surface area contributed by atoms with Gasteiger partial charge in [-0.05, 0) is 18.2 Å². The average Bonchev–Trinajstić information content (AvgIpc) is 2.81. The van der Waals surface area contributed by atoms with Gasteiger partial charge in [-0.3, -0.25) is 0 Å². The van der Waals surface area contributed by atoms with Crippen LogP contribution in [0.4, 0.5) is 0 Å². The molecule has 2 N–H and O–H groups in total. The fraction of sp³-hybridized carbons (Fsp3) is 0.167. The van der Waals surface area contributed by atoms with E-state index >= 15 is 0 Å². The van der Waals surface area contributed by atoms with E-state index in [0.29, 0.717) is 5.82 Å². The number of carbonyl (C=O) groups is 1. The van der Waals surface area contributed by atoms with Gasteiger partial charge in [0.15, 0.2) is 0 Å². The van der Waals surface area contributed by atoms with Crippen LogP contribution in [-0.4, -0.2) is 29.0 Å². The van der Waals surface area contributed by atoms with Gasteiger partial charge in [-0.1, -0.05) is 11.6 Å². The van der Waals surface area contributed by atoms with E-state index in [2.05, 4.69) is 9.71 Å². The van der Waals surface area contributed by atoms with Crippen molar-refractivity contribution in [2.75, 3.05) is 0 Å². The number of halogens is 1. The molecule has 0 aliphatic heterocycles. The summed E-state index contributed by atoms with van der Waals surface area (Å²) in [5.41, 5.74) is -0.153. The zero-order valence-electron chi connectivity index (χ0n) is 10.9. The number of sulfonamides is 1. The first-order chi connectivity index (χ1) is 9.81. The summed E-state index contributed by atoms with van der Waals surface area (Å²) in [5.74, 6) is -0.670. The number of nitrogens with zero attached hydrogens (tertiary/aromatic N) is 2. The number of nitrogens with one attached hydrogen (secondary N) is 1. The van der Waals surface area contributed by atoms with E-state index < -0.39 is 16.0 Å². The normalized spacial score (nSPS) is 11.5. The van der Waals surface area contributed by atoms with E-state index in [4.69, 9.17) is 16.7 Å². The van der Waals surface area contributed by atoms with Crippen LogP contribution in [-0.2, 0) is 23.6 Å². The largest absolute Gasteiger partial charge is 0.478 e. The lowest BCUT2D eigenvalue weighted by molar-refractivity contribution is 0.0697. The Morgan fingerprint density at radius 3 is 2.71 bits per heavy atom. The molecule has 0 amide bonds. The number of benzene rings is 1. The van der Waals surface area contributed by atoms with E-state index in [0.717, 1.165) is 12.1 Å². The van der Waals surface area contributed by atoms with Crippen molar-refractivity contribution >= 4 is 27.6 Å². The summed E-state index contributed by atoms with van der Waals surface area (Å²) in [6, 6.07) is 3.45. The van der Waals surface area contributed by atoms with Gasteiger partial charge in [0.2, 0.25) is 10.0 Å². The molecule has 0 bridgehead atoms. The van der Waals surface area contributed by atoms with Gasteiger partial charge < -0.3 is 9.67 Å². The Kier molecular flexibility index (Phi) is 4.31. The minimum atomic E-state index is -3.80. The number of hydrogen-bond acceptors (Lipinski definition) is 4. The Labute approximate surface area is 126 Å². The molecule has 0 fully saturated rings. The van der Waals surface area contributed by atoms with Gasteiger partial charge in [-0.15, -0.1) is 0 Å². The molecule has 0 aliphatic rings.